The molecule has 6 heteroatoms. The third-order valence-corrected chi connectivity index (χ3v) is 2.12. The lowest BCUT2D eigenvalue weighted by atomic mass is 10.2. The minimum atomic E-state index is -4.55. The molecule has 0 amide bonds. The molecule has 0 heterocycles. The molecule has 0 aromatic heterocycles. The van der Waals surface area contributed by atoms with Crippen LogP contribution in [0.15, 0.2) is 12.1 Å². The van der Waals surface area contributed by atoms with Gasteiger partial charge in [-0.1, -0.05) is 23.2 Å². The third-order valence-electron chi connectivity index (χ3n) is 1.60. The van der Waals surface area contributed by atoms with Crippen molar-refractivity contribution in [2.75, 3.05) is 6.61 Å². The molecule has 0 aliphatic heterocycles. The molecular formula is C9H7Cl2F3O. The van der Waals surface area contributed by atoms with E-state index in [0.717, 1.165) is 12.1 Å². The maximum absolute atomic E-state index is 12.6. The van der Waals surface area contributed by atoms with Crippen molar-refractivity contribution in [1.82, 2.24) is 0 Å². The van der Waals surface area contributed by atoms with Gasteiger partial charge >= 0.3 is 6.18 Å². The highest BCUT2D eigenvalue weighted by Crippen LogP contribution is 2.42. The van der Waals surface area contributed by atoms with Crippen molar-refractivity contribution in [2.24, 2.45) is 0 Å². The number of alkyl halides is 3. The van der Waals surface area contributed by atoms with Gasteiger partial charge in [-0.2, -0.15) is 13.2 Å². The highest BCUT2D eigenvalue weighted by atomic mass is 35.5. The van der Waals surface area contributed by atoms with E-state index in [0.29, 0.717) is 0 Å². The summed E-state index contributed by atoms with van der Waals surface area (Å²) in [7, 11) is 0. The summed E-state index contributed by atoms with van der Waals surface area (Å²) >= 11 is 11.0. The van der Waals surface area contributed by atoms with E-state index < -0.39 is 16.8 Å². The van der Waals surface area contributed by atoms with Gasteiger partial charge in [0, 0.05) is 5.02 Å². The van der Waals surface area contributed by atoms with Crippen LogP contribution in [0.25, 0.3) is 0 Å². The Balaban J connectivity index is 3.33. The van der Waals surface area contributed by atoms with Crippen LogP contribution in [-0.4, -0.2) is 6.61 Å². The van der Waals surface area contributed by atoms with Gasteiger partial charge in [-0.25, -0.2) is 0 Å². The lowest BCUT2D eigenvalue weighted by Crippen LogP contribution is -2.09. The normalized spacial score (nSPS) is 11.6. The Bertz CT molecular complexity index is 363. The van der Waals surface area contributed by atoms with E-state index in [1.807, 2.05) is 0 Å². The number of benzene rings is 1. The molecule has 0 N–H and O–H groups in total. The van der Waals surface area contributed by atoms with Crippen LogP contribution in [0.2, 0.25) is 10.0 Å². The van der Waals surface area contributed by atoms with Gasteiger partial charge in [-0.3, -0.25) is 0 Å². The first-order valence-corrected chi connectivity index (χ1v) is 4.81. The highest BCUT2D eigenvalue weighted by Gasteiger charge is 2.37. The third kappa shape index (κ3) is 2.92. The van der Waals surface area contributed by atoms with E-state index in [2.05, 4.69) is 0 Å². The first-order chi connectivity index (χ1) is 6.86. The van der Waals surface area contributed by atoms with Crippen LogP contribution in [0.3, 0.4) is 0 Å². The average molecular weight is 259 g/mol. The van der Waals surface area contributed by atoms with Gasteiger partial charge in [0.25, 0.3) is 0 Å². The van der Waals surface area contributed by atoms with Gasteiger partial charge in [0.05, 0.1) is 11.6 Å². The Hall–Kier alpha value is -0.610. The molecule has 0 aliphatic carbocycles. The second-order valence-corrected chi connectivity index (χ2v) is 3.54. The van der Waals surface area contributed by atoms with Crippen molar-refractivity contribution in [1.29, 1.82) is 0 Å². The SMILES string of the molecule is CCOc1cc(Cl)cc(Cl)c1C(F)(F)F. The lowest BCUT2D eigenvalue weighted by molar-refractivity contribution is -0.138. The molecule has 0 spiro atoms. The van der Waals surface area contributed by atoms with Crippen molar-refractivity contribution in [3.63, 3.8) is 0 Å². The molecule has 0 saturated heterocycles. The monoisotopic (exact) mass is 258 g/mol. The number of ether oxygens (including phenoxy) is 1. The zero-order chi connectivity index (χ0) is 11.6. The Morgan fingerprint density at radius 3 is 2.33 bits per heavy atom. The summed E-state index contributed by atoms with van der Waals surface area (Å²) in [5.74, 6) is -0.345. The van der Waals surface area contributed by atoms with Crippen molar-refractivity contribution >= 4 is 23.2 Å². The molecule has 1 nitrogen and oxygen atoms in total. The molecule has 0 unspecified atom stereocenters. The summed E-state index contributed by atoms with van der Waals surface area (Å²) in [6.07, 6.45) is -4.55. The van der Waals surface area contributed by atoms with Gasteiger partial charge < -0.3 is 4.74 Å². The second-order valence-electron chi connectivity index (χ2n) is 2.69. The first-order valence-electron chi connectivity index (χ1n) is 4.05. The summed E-state index contributed by atoms with van der Waals surface area (Å²) in [5, 5.41) is -0.352. The van der Waals surface area contributed by atoms with Crippen LogP contribution in [0.4, 0.5) is 13.2 Å². The van der Waals surface area contributed by atoms with Crippen LogP contribution in [0.5, 0.6) is 5.75 Å². The summed E-state index contributed by atoms with van der Waals surface area (Å²) in [6, 6.07) is 2.13. The molecule has 1 aromatic rings. The molecule has 84 valence electrons. The fourth-order valence-electron chi connectivity index (χ4n) is 1.09. The van der Waals surface area contributed by atoms with Crippen LogP contribution in [0, 0.1) is 0 Å². The van der Waals surface area contributed by atoms with Gasteiger partial charge in [-0.15, -0.1) is 0 Å². The van der Waals surface area contributed by atoms with Gasteiger partial charge in [0.1, 0.15) is 11.3 Å². The van der Waals surface area contributed by atoms with Crippen LogP contribution < -0.4 is 4.74 Å². The lowest BCUT2D eigenvalue weighted by Gasteiger charge is -2.14. The largest absolute Gasteiger partial charge is 0.493 e. The summed E-state index contributed by atoms with van der Waals surface area (Å²) in [5.41, 5.74) is -0.990. The van der Waals surface area contributed by atoms with Crippen molar-refractivity contribution in [2.45, 2.75) is 13.1 Å². The van der Waals surface area contributed by atoms with E-state index in [4.69, 9.17) is 27.9 Å². The number of rotatable bonds is 2. The second kappa shape index (κ2) is 4.49. The van der Waals surface area contributed by atoms with Crippen LogP contribution >= 0.6 is 23.2 Å². The molecule has 0 fully saturated rings. The maximum Gasteiger partial charge on any atom is 0.421 e. The number of hydrogen-bond donors (Lipinski definition) is 0. The number of hydrogen-bond acceptors (Lipinski definition) is 1. The predicted octanol–water partition coefficient (Wildman–Crippen LogP) is 4.41. The Morgan fingerprint density at radius 2 is 1.87 bits per heavy atom. The van der Waals surface area contributed by atoms with Crippen molar-refractivity contribution in [3.05, 3.63) is 27.7 Å². The highest BCUT2D eigenvalue weighted by molar-refractivity contribution is 6.35. The minimum absolute atomic E-state index is 0.108. The van der Waals surface area contributed by atoms with Crippen molar-refractivity contribution in [3.8, 4) is 5.75 Å². The van der Waals surface area contributed by atoms with Crippen LogP contribution in [-0.2, 0) is 6.18 Å². The molecule has 1 rings (SSSR count). The van der Waals surface area contributed by atoms with Crippen molar-refractivity contribution < 1.29 is 17.9 Å². The maximum atomic E-state index is 12.6. The fourth-order valence-corrected chi connectivity index (χ4v) is 1.68. The minimum Gasteiger partial charge on any atom is -0.493 e. The van der Waals surface area contributed by atoms with E-state index in [1.165, 1.54) is 0 Å². The zero-order valence-corrected chi connectivity index (χ0v) is 9.17. The number of halogens is 5. The summed E-state index contributed by atoms with van der Waals surface area (Å²) in [4.78, 5) is 0. The Labute approximate surface area is 94.7 Å². The molecule has 0 saturated carbocycles. The topological polar surface area (TPSA) is 9.23 Å². The van der Waals surface area contributed by atoms with Gasteiger partial charge in [-0.05, 0) is 19.1 Å². The van der Waals surface area contributed by atoms with E-state index in [1.54, 1.807) is 6.92 Å². The van der Waals surface area contributed by atoms with Gasteiger partial charge in [0.15, 0.2) is 0 Å². The fraction of sp³-hybridized carbons (Fsp3) is 0.333. The average Bonchev–Trinajstić information content (AvgIpc) is 1.99. The Morgan fingerprint density at radius 1 is 1.27 bits per heavy atom. The predicted molar refractivity (Wildman–Crippen MR) is 52.6 cm³/mol. The Kier molecular flexibility index (Phi) is 3.73. The molecule has 0 aliphatic rings. The van der Waals surface area contributed by atoms with E-state index in [9.17, 15) is 13.2 Å². The zero-order valence-electron chi connectivity index (χ0n) is 7.66. The summed E-state index contributed by atoms with van der Waals surface area (Å²) < 4.78 is 42.5. The van der Waals surface area contributed by atoms with Gasteiger partial charge in [0.2, 0.25) is 0 Å². The standard InChI is InChI=1S/C9H7Cl2F3O/c1-2-15-7-4-5(10)3-6(11)8(7)9(12,13)14/h3-4H,2H2,1H3. The molecule has 1 aromatic carbocycles. The van der Waals surface area contributed by atoms with Crippen LogP contribution in [0.1, 0.15) is 12.5 Å². The summed E-state index contributed by atoms with van der Waals surface area (Å²) in [6.45, 7) is 1.69. The molecule has 15 heavy (non-hydrogen) atoms. The quantitative estimate of drug-likeness (QED) is 0.764. The molecule has 0 radical (unpaired) electrons. The molecule has 0 bridgehead atoms. The van der Waals surface area contributed by atoms with E-state index >= 15 is 0 Å². The molecule has 0 atom stereocenters. The molecular weight excluding hydrogens is 252 g/mol. The van der Waals surface area contributed by atoms with E-state index in [-0.39, 0.29) is 17.4 Å². The smallest absolute Gasteiger partial charge is 0.421 e. The first kappa shape index (κ1) is 12.5.